The molecule has 7 heteroatoms. The van der Waals surface area contributed by atoms with Crippen molar-refractivity contribution in [2.45, 2.75) is 38.6 Å². The van der Waals surface area contributed by atoms with Crippen LogP contribution in [0, 0.1) is 5.82 Å². The zero-order chi connectivity index (χ0) is 16.9. The van der Waals surface area contributed by atoms with E-state index in [0.29, 0.717) is 36.9 Å². The molecule has 1 fully saturated rings. The molecule has 3 rings (SSSR count). The first-order valence-electron chi connectivity index (χ1n) is 8.17. The quantitative estimate of drug-likeness (QED) is 0.813. The predicted molar refractivity (Wildman–Crippen MR) is 83.9 cm³/mol. The molecule has 24 heavy (non-hydrogen) atoms. The molecule has 2 heterocycles. The third-order valence-corrected chi connectivity index (χ3v) is 4.05. The smallest absolute Gasteiger partial charge is 0.249 e. The average molecular weight is 333 g/mol. The van der Waals surface area contributed by atoms with Gasteiger partial charge in [0.2, 0.25) is 11.8 Å². The lowest BCUT2D eigenvalue weighted by Gasteiger charge is -2.20. The van der Waals surface area contributed by atoms with Crippen LogP contribution in [0.3, 0.4) is 0 Å². The maximum atomic E-state index is 12.8. The first-order chi connectivity index (χ1) is 11.7. The Kier molecular flexibility index (Phi) is 5.08. The molecule has 0 saturated carbocycles. The van der Waals surface area contributed by atoms with E-state index in [1.54, 1.807) is 12.1 Å². The number of hydrogen-bond donors (Lipinski definition) is 0. The molecule has 1 unspecified atom stereocenters. The van der Waals surface area contributed by atoms with Crippen LogP contribution in [-0.2, 0) is 11.2 Å². The molecule has 0 spiro atoms. The molecule has 1 aromatic carbocycles. The lowest BCUT2D eigenvalue weighted by molar-refractivity contribution is -0.132. The zero-order valence-corrected chi connectivity index (χ0v) is 13.6. The average Bonchev–Trinajstić information content (AvgIpc) is 3.24. The van der Waals surface area contributed by atoms with Gasteiger partial charge in [0.05, 0.1) is 6.61 Å². The number of halogens is 1. The van der Waals surface area contributed by atoms with Gasteiger partial charge in [-0.1, -0.05) is 12.1 Å². The summed E-state index contributed by atoms with van der Waals surface area (Å²) in [4.78, 5) is 18.2. The molecule has 1 amide bonds. The highest BCUT2D eigenvalue weighted by Crippen LogP contribution is 2.31. The molecule has 1 atom stereocenters. The van der Waals surface area contributed by atoms with Crippen molar-refractivity contribution in [2.24, 2.45) is 0 Å². The maximum Gasteiger partial charge on any atom is 0.249 e. The van der Waals surface area contributed by atoms with Crippen LogP contribution in [0.25, 0.3) is 0 Å². The number of nitrogens with zero attached hydrogens (tertiary/aromatic N) is 3. The Morgan fingerprint density at radius 2 is 2.21 bits per heavy atom. The van der Waals surface area contributed by atoms with Crippen molar-refractivity contribution in [3.05, 3.63) is 41.8 Å². The van der Waals surface area contributed by atoms with Crippen LogP contribution < -0.4 is 4.74 Å². The van der Waals surface area contributed by atoms with Gasteiger partial charge in [-0.25, -0.2) is 4.39 Å². The predicted octanol–water partition coefficient (Wildman–Crippen LogP) is 2.90. The topological polar surface area (TPSA) is 68.5 Å². The van der Waals surface area contributed by atoms with Gasteiger partial charge in [-0.05, 0) is 37.1 Å². The SMILES string of the molecule is CCC(=O)N1CCCC1c1nc(CCOc2ccc(F)cc2)no1. The second-order valence-corrected chi connectivity index (χ2v) is 5.70. The first-order valence-corrected chi connectivity index (χ1v) is 8.17. The summed E-state index contributed by atoms with van der Waals surface area (Å²) in [7, 11) is 0. The molecule has 0 N–H and O–H groups in total. The summed E-state index contributed by atoms with van der Waals surface area (Å²) in [6.45, 7) is 2.96. The Balaban J connectivity index is 1.55. The number of benzene rings is 1. The van der Waals surface area contributed by atoms with Crippen molar-refractivity contribution in [3.63, 3.8) is 0 Å². The molecule has 0 radical (unpaired) electrons. The highest BCUT2D eigenvalue weighted by atomic mass is 19.1. The molecular formula is C17H20FN3O3. The van der Waals surface area contributed by atoms with Crippen LogP contribution in [0.2, 0.25) is 0 Å². The minimum Gasteiger partial charge on any atom is -0.493 e. The second-order valence-electron chi connectivity index (χ2n) is 5.70. The van der Waals surface area contributed by atoms with Crippen molar-refractivity contribution in [3.8, 4) is 5.75 Å². The lowest BCUT2D eigenvalue weighted by Crippen LogP contribution is -2.29. The Morgan fingerprint density at radius 3 is 2.96 bits per heavy atom. The van der Waals surface area contributed by atoms with E-state index in [4.69, 9.17) is 9.26 Å². The molecule has 0 aliphatic carbocycles. The molecule has 1 aliphatic heterocycles. The van der Waals surface area contributed by atoms with Crippen molar-refractivity contribution < 1.29 is 18.4 Å². The fourth-order valence-corrected chi connectivity index (χ4v) is 2.82. The minimum atomic E-state index is -0.298. The van der Waals surface area contributed by atoms with Crippen LogP contribution in [0.5, 0.6) is 5.75 Å². The van der Waals surface area contributed by atoms with E-state index in [0.717, 1.165) is 19.4 Å². The Labute approximate surface area is 139 Å². The van der Waals surface area contributed by atoms with Gasteiger partial charge in [0.15, 0.2) is 5.82 Å². The van der Waals surface area contributed by atoms with E-state index < -0.39 is 0 Å². The number of amides is 1. The summed E-state index contributed by atoms with van der Waals surface area (Å²) in [6, 6.07) is 5.73. The van der Waals surface area contributed by atoms with Gasteiger partial charge in [-0.2, -0.15) is 4.98 Å². The third-order valence-electron chi connectivity index (χ3n) is 4.05. The molecule has 2 aromatic rings. The molecular weight excluding hydrogens is 313 g/mol. The van der Waals surface area contributed by atoms with E-state index in [9.17, 15) is 9.18 Å². The summed E-state index contributed by atoms with van der Waals surface area (Å²) in [5.74, 6) is 1.44. The zero-order valence-electron chi connectivity index (χ0n) is 13.6. The summed E-state index contributed by atoms with van der Waals surface area (Å²) in [6.07, 6.45) is 2.75. The van der Waals surface area contributed by atoms with Gasteiger partial charge < -0.3 is 14.2 Å². The van der Waals surface area contributed by atoms with Crippen molar-refractivity contribution in [1.82, 2.24) is 15.0 Å². The summed E-state index contributed by atoms with van der Waals surface area (Å²) < 4.78 is 23.7. The van der Waals surface area contributed by atoms with Crippen LogP contribution in [-0.4, -0.2) is 34.1 Å². The second kappa shape index (κ2) is 7.42. The van der Waals surface area contributed by atoms with Gasteiger partial charge in [0.25, 0.3) is 0 Å². The van der Waals surface area contributed by atoms with Crippen molar-refractivity contribution in [2.75, 3.05) is 13.2 Å². The largest absolute Gasteiger partial charge is 0.493 e. The van der Waals surface area contributed by atoms with Crippen LogP contribution >= 0.6 is 0 Å². The van der Waals surface area contributed by atoms with Crippen molar-refractivity contribution in [1.29, 1.82) is 0 Å². The van der Waals surface area contributed by atoms with Crippen LogP contribution in [0.1, 0.15) is 43.9 Å². The number of carbonyl (C=O) groups excluding carboxylic acids is 1. The minimum absolute atomic E-state index is 0.108. The Bertz CT molecular complexity index is 687. The van der Waals surface area contributed by atoms with Gasteiger partial charge >= 0.3 is 0 Å². The highest BCUT2D eigenvalue weighted by Gasteiger charge is 2.33. The van der Waals surface area contributed by atoms with Crippen LogP contribution in [0.15, 0.2) is 28.8 Å². The van der Waals surface area contributed by atoms with E-state index in [-0.39, 0.29) is 17.8 Å². The number of likely N-dealkylation sites (tertiary alicyclic amines) is 1. The Hall–Kier alpha value is -2.44. The van der Waals surface area contributed by atoms with Gasteiger partial charge in [0.1, 0.15) is 17.6 Å². The number of rotatable bonds is 6. The molecule has 0 bridgehead atoms. The van der Waals surface area contributed by atoms with Crippen molar-refractivity contribution >= 4 is 5.91 Å². The van der Waals surface area contributed by atoms with E-state index in [1.807, 2.05) is 11.8 Å². The maximum absolute atomic E-state index is 12.8. The summed E-state index contributed by atoms with van der Waals surface area (Å²) in [5.41, 5.74) is 0. The fraction of sp³-hybridized carbons (Fsp3) is 0.471. The van der Waals surface area contributed by atoms with Gasteiger partial charge in [-0.3, -0.25) is 4.79 Å². The van der Waals surface area contributed by atoms with Gasteiger partial charge in [0, 0.05) is 19.4 Å². The van der Waals surface area contributed by atoms with Crippen LogP contribution in [0.4, 0.5) is 4.39 Å². The lowest BCUT2D eigenvalue weighted by atomic mass is 10.2. The van der Waals surface area contributed by atoms with E-state index >= 15 is 0 Å². The number of ether oxygens (including phenoxy) is 1. The van der Waals surface area contributed by atoms with E-state index in [2.05, 4.69) is 10.1 Å². The molecule has 128 valence electrons. The number of hydrogen-bond acceptors (Lipinski definition) is 5. The van der Waals surface area contributed by atoms with Gasteiger partial charge in [-0.15, -0.1) is 0 Å². The molecule has 6 nitrogen and oxygen atoms in total. The number of aromatic nitrogens is 2. The summed E-state index contributed by atoms with van der Waals surface area (Å²) >= 11 is 0. The summed E-state index contributed by atoms with van der Waals surface area (Å²) in [5, 5.41) is 3.96. The Morgan fingerprint density at radius 1 is 1.42 bits per heavy atom. The normalized spacial score (nSPS) is 17.2. The third kappa shape index (κ3) is 3.72. The molecule has 1 aliphatic rings. The standard InChI is InChI=1S/C17H20FN3O3/c1-2-16(22)21-10-3-4-14(21)17-19-15(20-24-17)9-11-23-13-7-5-12(18)6-8-13/h5-8,14H,2-4,9-11H2,1H3. The van der Waals surface area contributed by atoms with E-state index in [1.165, 1.54) is 12.1 Å². The highest BCUT2D eigenvalue weighted by molar-refractivity contribution is 5.76. The molecule has 1 saturated heterocycles. The molecule has 1 aromatic heterocycles. The first kappa shape index (κ1) is 16.4. The monoisotopic (exact) mass is 333 g/mol. The number of carbonyl (C=O) groups is 1. The fourth-order valence-electron chi connectivity index (χ4n) is 2.82.